The van der Waals surface area contributed by atoms with Gasteiger partial charge >= 0.3 is 5.69 Å². The standard InChI is InChI=1S/C12H12N4O2S/c1-3-4-5-6-16-11(17)9-8(7-13)19-14-10(9)15(2)12(16)18/h3H,1,4-6H2,2H3. The highest BCUT2D eigenvalue weighted by molar-refractivity contribution is 7.07. The van der Waals surface area contributed by atoms with Crippen molar-refractivity contribution in [2.75, 3.05) is 0 Å². The molecule has 2 rings (SSSR count). The summed E-state index contributed by atoms with van der Waals surface area (Å²) in [6.07, 6.45) is 3.12. The molecule has 0 saturated carbocycles. The molecule has 0 aliphatic carbocycles. The van der Waals surface area contributed by atoms with E-state index < -0.39 is 11.2 Å². The fourth-order valence-corrected chi connectivity index (χ4v) is 2.57. The van der Waals surface area contributed by atoms with Gasteiger partial charge in [0.15, 0.2) is 5.65 Å². The molecule has 2 heterocycles. The molecular formula is C12H12N4O2S. The van der Waals surface area contributed by atoms with Crippen LogP contribution >= 0.6 is 11.5 Å². The number of hydrogen-bond acceptors (Lipinski definition) is 5. The van der Waals surface area contributed by atoms with Crippen molar-refractivity contribution in [3.8, 4) is 6.07 Å². The molecule has 0 aliphatic heterocycles. The van der Waals surface area contributed by atoms with E-state index in [0.717, 1.165) is 22.5 Å². The Bertz CT molecular complexity index is 791. The van der Waals surface area contributed by atoms with Crippen LogP contribution in [0.25, 0.3) is 11.0 Å². The van der Waals surface area contributed by atoms with Crippen molar-refractivity contribution in [2.45, 2.75) is 19.4 Å². The Morgan fingerprint density at radius 3 is 2.89 bits per heavy atom. The lowest BCUT2D eigenvalue weighted by molar-refractivity contribution is 0.578. The van der Waals surface area contributed by atoms with Gasteiger partial charge in [0.1, 0.15) is 16.3 Å². The van der Waals surface area contributed by atoms with Gasteiger partial charge in [-0.15, -0.1) is 6.58 Å². The molecule has 0 unspecified atom stereocenters. The Morgan fingerprint density at radius 2 is 2.26 bits per heavy atom. The minimum atomic E-state index is -0.438. The van der Waals surface area contributed by atoms with Crippen molar-refractivity contribution in [3.05, 3.63) is 38.4 Å². The summed E-state index contributed by atoms with van der Waals surface area (Å²) in [7, 11) is 1.55. The van der Waals surface area contributed by atoms with Crippen LogP contribution in [-0.2, 0) is 13.6 Å². The van der Waals surface area contributed by atoms with Crippen LogP contribution in [0.3, 0.4) is 0 Å². The zero-order valence-corrected chi connectivity index (χ0v) is 11.2. The van der Waals surface area contributed by atoms with Gasteiger partial charge in [-0.1, -0.05) is 6.08 Å². The minimum absolute atomic E-state index is 0.230. The van der Waals surface area contributed by atoms with Gasteiger partial charge in [-0.3, -0.25) is 13.9 Å². The van der Waals surface area contributed by atoms with Crippen molar-refractivity contribution in [3.63, 3.8) is 0 Å². The van der Waals surface area contributed by atoms with Crippen LogP contribution in [0.1, 0.15) is 17.7 Å². The van der Waals surface area contributed by atoms with Gasteiger partial charge < -0.3 is 0 Å². The van der Waals surface area contributed by atoms with Gasteiger partial charge in [0.2, 0.25) is 0 Å². The van der Waals surface area contributed by atoms with E-state index in [0.29, 0.717) is 13.0 Å². The summed E-state index contributed by atoms with van der Waals surface area (Å²) >= 11 is 0.937. The summed E-state index contributed by atoms with van der Waals surface area (Å²) in [5, 5.41) is 9.22. The maximum Gasteiger partial charge on any atom is 0.332 e. The number of fused-ring (bicyclic) bond motifs is 1. The summed E-state index contributed by atoms with van der Waals surface area (Å²) in [5.74, 6) is 0. The molecular weight excluding hydrogens is 264 g/mol. The molecule has 98 valence electrons. The molecule has 6 nitrogen and oxygen atoms in total. The monoisotopic (exact) mass is 276 g/mol. The van der Waals surface area contributed by atoms with E-state index in [-0.39, 0.29) is 15.9 Å². The van der Waals surface area contributed by atoms with Crippen LogP contribution < -0.4 is 11.2 Å². The summed E-state index contributed by atoms with van der Waals surface area (Å²) in [5.41, 5.74) is -0.569. The maximum atomic E-state index is 12.3. The lowest BCUT2D eigenvalue weighted by atomic mass is 10.3. The predicted octanol–water partition coefficient (Wildman–Crippen LogP) is 0.995. The Morgan fingerprint density at radius 1 is 1.53 bits per heavy atom. The van der Waals surface area contributed by atoms with Crippen molar-refractivity contribution in [2.24, 2.45) is 7.05 Å². The second kappa shape index (κ2) is 5.20. The van der Waals surface area contributed by atoms with Crippen molar-refractivity contribution < 1.29 is 0 Å². The maximum absolute atomic E-state index is 12.3. The fraction of sp³-hybridized carbons (Fsp3) is 0.333. The van der Waals surface area contributed by atoms with Gasteiger partial charge in [0.05, 0.1) is 0 Å². The molecule has 0 spiro atoms. The van der Waals surface area contributed by atoms with Crippen LogP contribution in [0, 0.1) is 11.3 Å². The third-order valence-electron chi connectivity index (χ3n) is 2.86. The molecule has 2 aromatic heterocycles. The van der Waals surface area contributed by atoms with E-state index in [2.05, 4.69) is 11.0 Å². The molecule has 0 radical (unpaired) electrons. The van der Waals surface area contributed by atoms with E-state index in [4.69, 9.17) is 5.26 Å². The minimum Gasteiger partial charge on any atom is -0.280 e. The largest absolute Gasteiger partial charge is 0.332 e. The number of nitrogens with zero attached hydrogens (tertiary/aromatic N) is 4. The molecule has 0 N–H and O–H groups in total. The van der Waals surface area contributed by atoms with Gasteiger partial charge in [-0.05, 0) is 24.4 Å². The Labute approximate surface area is 113 Å². The first-order chi connectivity index (χ1) is 9.11. The zero-order valence-electron chi connectivity index (χ0n) is 10.4. The van der Waals surface area contributed by atoms with Gasteiger partial charge in [0.25, 0.3) is 5.56 Å². The average Bonchev–Trinajstić information content (AvgIpc) is 2.84. The van der Waals surface area contributed by atoms with Crippen LogP contribution in [0.2, 0.25) is 0 Å². The highest BCUT2D eigenvalue weighted by Crippen LogP contribution is 2.16. The van der Waals surface area contributed by atoms with Gasteiger partial charge in [-0.25, -0.2) is 4.79 Å². The van der Waals surface area contributed by atoms with Gasteiger partial charge in [-0.2, -0.15) is 9.64 Å². The number of aromatic nitrogens is 3. The summed E-state index contributed by atoms with van der Waals surface area (Å²) in [4.78, 5) is 24.6. The first-order valence-electron chi connectivity index (χ1n) is 5.72. The van der Waals surface area contributed by atoms with Gasteiger partial charge in [0, 0.05) is 13.6 Å². The lowest BCUT2D eigenvalue weighted by Crippen LogP contribution is -2.39. The molecule has 0 atom stereocenters. The SMILES string of the molecule is C=CCCCn1c(=O)c2c(C#N)snc2n(C)c1=O. The van der Waals surface area contributed by atoms with Crippen LogP contribution in [0.15, 0.2) is 22.2 Å². The van der Waals surface area contributed by atoms with E-state index in [1.807, 2.05) is 6.07 Å². The summed E-state index contributed by atoms with van der Waals surface area (Å²) in [6.45, 7) is 3.91. The first kappa shape index (κ1) is 13.2. The number of rotatable bonds is 4. The van der Waals surface area contributed by atoms with Crippen molar-refractivity contribution in [1.29, 1.82) is 5.26 Å². The first-order valence-corrected chi connectivity index (χ1v) is 6.49. The fourth-order valence-electron chi connectivity index (χ4n) is 1.86. The van der Waals surface area contributed by atoms with Crippen LogP contribution in [0.5, 0.6) is 0 Å². The number of hydrogen-bond donors (Lipinski definition) is 0. The Hall–Kier alpha value is -2.20. The van der Waals surface area contributed by atoms with Crippen molar-refractivity contribution in [1.82, 2.24) is 13.5 Å². The smallest absolute Gasteiger partial charge is 0.280 e. The second-order valence-corrected chi connectivity index (χ2v) is 4.82. The molecule has 0 fully saturated rings. The second-order valence-electron chi connectivity index (χ2n) is 4.05. The van der Waals surface area contributed by atoms with E-state index >= 15 is 0 Å². The van der Waals surface area contributed by atoms with Crippen LogP contribution in [0.4, 0.5) is 0 Å². The quantitative estimate of drug-likeness (QED) is 0.616. The molecule has 0 bridgehead atoms. The molecule has 19 heavy (non-hydrogen) atoms. The number of nitriles is 1. The lowest BCUT2D eigenvalue weighted by Gasteiger charge is -2.06. The Balaban J connectivity index is 2.71. The number of allylic oxidation sites excluding steroid dienone is 1. The third kappa shape index (κ3) is 2.11. The normalized spacial score (nSPS) is 10.5. The highest BCUT2D eigenvalue weighted by Gasteiger charge is 2.17. The average molecular weight is 276 g/mol. The predicted molar refractivity (Wildman–Crippen MR) is 73.3 cm³/mol. The third-order valence-corrected chi connectivity index (χ3v) is 3.60. The topological polar surface area (TPSA) is 80.7 Å². The number of unbranched alkanes of at least 4 members (excludes halogenated alkanes) is 1. The highest BCUT2D eigenvalue weighted by atomic mass is 32.1. The molecule has 7 heteroatoms. The molecule has 2 aromatic rings. The molecule has 0 aliphatic rings. The van der Waals surface area contributed by atoms with E-state index in [1.54, 1.807) is 13.1 Å². The zero-order chi connectivity index (χ0) is 14.0. The number of aryl methyl sites for hydroxylation is 1. The molecule has 0 amide bonds. The van der Waals surface area contributed by atoms with E-state index in [9.17, 15) is 9.59 Å². The summed E-state index contributed by atoms with van der Waals surface area (Å²) < 4.78 is 6.46. The van der Waals surface area contributed by atoms with E-state index in [1.165, 1.54) is 4.57 Å². The molecule has 0 saturated heterocycles. The van der Waals surface area contributed by atoms with Crippen molar-refractivity contribution >= 4 is 22.6 Å². The summed E-state index contributed by atoms with van der Waals surface area (Å²) in [6, 6.07) is 1.94. The molecule has 0 aromatic carbocycles. The Kier molecular flexibility index (Phi) is 3.62. The van der Waals surface area contributed by atoms with Crippen LogP contribution in [-0.4, -0.2) is 13.5 Å².